The van der Waals surface area contributed by atoms with Crippen molar-refractivity contribution in [3.05, 3.63) is 23.8 Å². The largest absolute Gasteiger partial charge is 0.487 e. The third-order valence-corrected chi connectivity index (χ3v) is 6.78. The average Bonchev–Trinajstić information content (AvgIpc) is 3.45. The van der Waals surface area contributed by atoms with E-state index < -0.39 is 0 Å². The highest BCUT2D eigenvalue weighted by Gasteiger charge is 2.28. The summed E-state index contributed by atoms with van der Waals surface area (Å²) in [5.41, 5.74) is 1.30. The first-order valence-electron chi connectivity index (χ1n) is 12.4. The molecule has 1 aromatic carbocycles. The van der Waals surface area contributed by atoms with Crippen LogP contribution in [0.15, 0.2) is 18.2 Å². The van der Waals surface area contributed by atoms with Gasteiger partial charge in [0.05, 0.1) is 37.6 Å². The normalized spacial score (nSPS) is 25.9. The minimum Gasteiger partial charge on any atom is -0.487 e. The first-order chi connectivity index (χ1) is 15.4. The molecule has 32 heavy (non-hydrogen) atoms. The van der Waals surface area contributed by atoms with Gasteiger partial charge >= 0.3 is 0 Å². The van der Waals surface area contributed by atoms with E-state index in [2.05, 4.69) is 32.9 Å². The third-order valence-electron chi connectivity index (χ3n) is 6.78. The van der Waals surface area contributed by atoms with Crippen molar-refractivity contribution in [3.8, 4) is 11.5 Å². The first kappa shape index (κ1) is 25.3. The maximum absolute atomic E-state index is 9.32. The van der Waals surface area contributed by atoms with E-state index >= 15 is 0 Å². The molecular formula is C26H42O6. The number of aliphatic hydroxyl groups is 2. The maximum Gasteiger partial charge on any atom is 0.161 e. The van der Waals surface area contributed by atoms with Crippen molar-refractivity contribution in [1.29, 1.82) is 0 Å². The molecule has 2 fully saturated rings. The molecule has 2 heterocycles. The Morgan fingerprint density at radius 2 is 1.41 bits per heavy atom. The van der Waals surface area contributed by atoms with Gasteiger partial charge in [-0.15, -0.1) is 0 Å². The lowest BCUT2D eigenvalue weighted by atomic mass is 9.80. The van der Waals surface area contributed by atoms with Gasteiger partial charge < -0.3 is 29.2 Å². The topological polar surface area (TPSA) is 77.4 Å². The molecule has 0 spiro atoms. The minimum atomic E-state index is -0.0814. The van der Waals surface area contributed by atoms with Gasteiger partial charge in [0, 0.05) is 0 Å². The number of rotatable bonds is 13. The van der Waals surface area contributed by atoms with Gasteiger partial charge in [-0.3, -0.25) is 0 Å². The van der Waals surface area contributed by atoms with Gasteiger partial charge in [-0.1, -0.05) is 46.1 Å². The predicted octanol–water partition coefficient (Wildman–Crippen LogP) is 4.38. The van der Waals surface area contributed by atoms with Crippen molar-refractivity contribution in [2.24, 2.45) is 0 Å². The molecule has 0 aliphatic carbocycles. The van der Waals surface area contributed by atoms with E-state index in [9.17, 15) is 10.2 Å². The quantitative estimate of drug-likeness (QED) is 0.434. The minimum absolute atomic E-state index is 0.00589. The van der Waals surface area contributed by atoms with Crippen LogP contribution in [0.1, 0.15) is 77.7 Å². The van der Waals surface area contributed by atoms with Gasteiger partial charge in [-0.25, -0.2) is 0 Å². The van der Waals surface area contributed by atoms with Crippen LogP contribution in [0.2, 0.25) is 0 Å². The fourth-order valence-corrected chi connectivity index (χ4v) is 4.56. The Bertz CT molecular complexity index is 691. The highest BCUT2D eigenvalue weighted by Crippen LogP contribution is 2.37. The van der Waals surface area contributed by atoms with Crippen LogP contribution < -0.4 is 9.47 Å². The summed E-state index contributed by atoms with van der Waals surface area (Å²) in [6, 6.07) is 6.27. The molecule has 1 aromatic rings. The summed E-state index contributed by atoms with van der Waals surface area (Å²) in [6.07, 6.45) is 8.13. The highest BCUT2D eigenvalue weighted by atomic mass is 16.6. The molecule has 6 heteroatoms. The first-order valence-corrected chi connectivity index (χ1v) is 12.4. The van der Waals surface area contributed by atoms with Crippen LogP contribution in [0.5, 0.6) is 11.5 Å². The van der Waals surface area contributed by atoms with Crippen molar-refractivity contribution in [2.45, 2.75) is 102 Å². The van der Waals surface area contributed by atoms with Crippen LogP contribution in [0.3, 0.4) is 0 Å². The van der Waals surface area contributed by atoms with Gasteiger partial charge in [0.25, 0.3) is 0 Å². The second kappa shape index (κ2) is 12.2. The van der Waals surface area contributed by atoms with E-state index in [1.807, 2.05) is 6.07 Å². The summed E-state index contributed by atoms with van der Waals surface area (Å²) >= 11 is 0. The number of hydrogen-bond acceptors (Lipinski definition) is 6. The van der Waals surface area contributed by atoms with Crippen molar-refractivity contribution in [2.75, 3.05) is 26.4 Å². The van der Waals surface area contributed by atoms with E-state index in [1.165, 1.54) is 24.8 Å². The molecule has 2 saturated heterocycles. The standard InChI is InChI=1S/C26H42O6/c1-4-5-6-13-26(2,3)19-7-12-24(29-17-22-10-8-20(15-27)31-22)25(14-19)30-18-23-11-9-21(16-28)32-23/h7,12,14,20-23,27-28H,4-6,8-11,13,15-18H2,1-3H3. The molecular weight excluding hydrogens is 408 g/mol. The second-order valence-electron chi connectivity index (χ2n) is 9.90. The summed E-state index contributed by atoms with van der Waals surface area (Å²) in [5, 5.41) is 18.6. The van der Waals surface area contributed by atoms with Crippen LogP contribution in [0.25, 0.3) is 0 Å². The Morgan fingerprint density at radius 3 is 1.94 bits per heavy atom. The van der Waals surface area contributed by atoms with E-state index in [0.29, 0.717) is 19.0 Å². The van der Waals surface area contributed by atoms with Crippen molar-refractivity contribution in [1.82, 2.24) is 0 Å². The summed E-state index contributed by atoms with van der Waals surface area (Å²) in [6.45, 7) is 7.81. The number of unbranched alkanes of at least 4 members (excludes halogenated alkanes) is 2. The number of aliphatic hydroxyl groups excluding tert-OH is 2. The van der Waals surface area contributed by atoms with Crippen molar-refractivity contribution in [3.63, 3.8) is 0 Å². The molecule has 0 saturated carbocycles. The van der Waals surface area contributed by atoms with Gasteiger partial charge in [0.2, 0.25) is 0 Å². The molecule has 2 N–H and O–H groups in total. The lowest BCUT2D eigenvalue weighted by Crippen LogP contribution is -2.22. The molecule has 182 valence electrons. The number of ether oxygens (including phenoxy) is 4. The molecule has 4 unspecified atom stereocenters. The van der Waals surface area contributed by atoms with E-state index in [0.717, 1.165) is 37.9 Å². The summed E-state index contributed by atoms with van der Waals surface area (Å²) in [4.78, 5) is 0. The van der Waals surface area contributed by atoms with E-state index in [1.54, 1.807) is 0 Å². The zero-order valence-corrected chi connectivity index (χ0v) is 20.1. The van der Waals surface area contributed by atoms with Crippen molar-refractivity contribution >= 4 is 0 Å². The van der Waals surface area contributed by atoms with Crippen LogP contribution in [0.4, 0.5) is 0 Å². The SMILES string of the molecule is CCCCCC(C)(C)c1ccc(OCC2CCC(CO)O2)c(OCC2CCC(CO)O2)c1. The third kappa shape index (κ3) is 7.08. The molecule has 0 bridgehead atoms. The summed E-state index contributed by atoms with van der Waals surface area (Å²) < 4.78 is 24.0. The lowest BCUT2D eigenvalue weighted by Gasteiger charge is -2.27. The molecule has 0 radical (unpaired) electrons. The van der Waals surface area contributed by atoms with E-state index in [-0.39, 0.29) is 43.0 Å². The van der Waals surface area contributed by atoms with Gasteiger partial charge in [-0.2, -0.15) is 0 Å². The van der Waals surface area contributed by atoms with Crippen LogP contribution >= 0.6 is 0 Å². The van der Waals surface area contributed by atoms with Crippen LogP contribution in [-0.4, -0.2) is 61.1 Å². The van der Waals surface area contributed by atoms with E-state index in [4.69, 9.17) is 18.9 Å². The Kier molecular flexibility index (Phi) is 9.65. The molecule has 2 aliphatic heterocycles. The Balaban J connectivity index is 1.67. The molecule has 6 nitrogen and oxygen atoms in total. The van der Waals surface area contributed by atoms with Gasteiger partial charge in [0.1, 0.15) is 13.2 Å². The fraction of sp³-hybridized carbons (Fsp3) is 0.769. The Labute approximate surface area is 193 Å². The smallest absolute Gasteiger partial charge is 0.161 e. The zero-order valence-electron chi connectivity index (χ0n) is 20.1. The monoisotopic (exact) mass is 450 g/mol. The van der Waals surface area contributed by atoms with Crippen LogP contribution in [0, 0.1) is 0 Å². The highest BCUT2D eigenvalue weighted by molar-refractivity contribution is 5.45. The van der Waals surface area contributed by atoms with Gasteiger partial charge in [0.15, 0.2) is 11.5 Å². The lowest BCUT2D eigenvalue weighted by molar-refractivity contribution is -0.0114. The summed E-state index contributed by atoms with van der Waals surface area (Å²) in [7, 11) is 0. The number of benzene rings is 1. The van der Waals surface area contributed by atoms with Crippen molar-refractivity contribution < 1.29 is 29.2 Å². The Hall–Kier alpha value is -1.34. The van der Waals surface area contributed by atoms with Gasteiger partial charge in [-0.05, 0) is 55.2 Å². The average molecular weight is 451 g/mol. The number of hydrogen-bond donors (Lipinski definition) is 2. The summed E-state index contributed by atoms with van der Waals surface area (Å²) in [5.74, 6) is 1.45. The second-order valence-corrected chi connectivity index (χ2v) is 9.90. The molecule has 3 rings (SSSR count). The molecule has 2 aliphatic rings. The predicted molar refractivity (Wildman–Crippen MR) is 125 cm³/mol. The van der Waals surface area contributed by atoms with Crippen LogP contribution in [-0.2, 0) is 14.9 Å². The Morgan fingerprint density at radius 1 is 0.844 bits per heavy atom. The zero-order chi connectivity index (χ0) is 23.0. The molecule has 4 atom stereocenters. The molecule has 0 amide bonds. The fourth-order valence-electron chi connectivity index (χ4n) is 4.56. The maximum atomic E-state index is 9.32. The molecule has 0 aromatic heterocycles.